The Morgan fingerprint density at radius 2 is 2.44 bits per heavy atom. The van der Waals surface area contributed by atoms with Gasteiger partial charge in [-0.1, -0.05) is 18.9 Å². The Morgan fingerprint density at radius 1 is 1.78 bits per heavy atom. The van der Waals surface area contributed by atoms with E-state index in [1.54, 1.807) is 0 Å². The molecule has 0 aromatic rings. The average Bonchev–Trinajstić information content (AvgIpc) is 1.89. The number of nitrogens with one attached hydrogen (secondary N) is 1. The number of terminal acetylenes is 1. The highest BCUT2D eigenvalue weighted by molar-refractivity contribution is 5.22. The van der Waals surface area contributed by atoms with E-state index in [2.05, 4.69) is 18.2 Å². The summed E-state index contributed by atoms with van der Waals surface area (Å²) in [5, 5.41) is 3.14. The smallest absolute Gasteiger partial charge is 0.0146 e. The normalized spacial score (nSPS) is 11.0. The van der Waals surface area contributed by atoms with Gasteiger partial charge >= 0.3 is 0 Å². The predicted molar refractivity (Wildman–Crippen MR) is 41.1 cm³/mol. The zero-order valence-electron chi connectivity index (χ0n) is 6.07. The molecule has 1 N–H and O–H groups in total. The topological polar surface area (TPSA) is 12.0 Å². The fourth-order valence-corrected chi connectivity index (χ4v) is 0.429. The van der Waals surface area contributed by atoms with Crippen LogP contribution in [-0.4, -0.2) is 13.1 Å². The second-order valence-corrected chi connectivity index (χ2v) is 1.84. The lowest BCUT2D eigenvalue weighted by molar-refractivity contribution is 0.797. The van der Waals surface area contributed by atoms with E-state index in [-0.39, 0.29) is 0 Å². The van der Waals surface area contributed by atoms with Gasteiger partial charge in [0.2, 0.25) is 0 Å². The SMILES string of the molecule is C#C/C(C)=C\CNCC. The van der Waals surface area contributed by atoms with Gasteiger partial charge in [-0.15, -0.1) is 6.42 Å². The first-order chi connectivity index (χ1) is 4.31. The molecule has 0 aliphatic carbocycles. The van der Waals surface area contributed by atoms with Crippen LogP contribution in [0.3, 0.4) is 0 Å². The number of allylic oxidation sites excluding steroid dienone is 1. The Balaban J connectivity index is 3.35. The third-order valence-corrected chi connectivity index (χ3v) is 1.03. The van der Waals surface area contributed by atoms with E-state index >= 15 is 0 Å². The van der Waals surface area contributed by atoms with Crippen molar-refractivity contribution in [3.05, 3.63) is 11.6 Å². The number of rotatable bonds is 3. The molecule has 0 spiro atoms. The lowest BCUT2D eigenvalue weighted by atomic mass is 10.3. The molecule has 0 aliphatic heterocycles. The highest BCUT2D eigenvalue weighted by atomic mass is 14.8. The van der Waals surface area contributed by atoms with Gasteiger partial charge in [0, 0.05) is 6.54 Å². The first-order valence-corrected chi connectivity index (χ1v) is 3.15. The predicted octanol–water partition coefficient (Wildman–Crippen LogP) is 1.18. The quantitative estimate of drug-likeness (QED) is 0.439. The van der Waals surface area contributed by atoms with Crippen molar-refractivity contribution in [1.29, 1.82) is 0 Å². The van der Waals surface area contributed by atoms with E-state index in [4.69, 9.17) is 6.42 Å². The molecule has 1 nitrogen and oxygen atoms in total. The van der Waals surface area contributed by atoms with E-state index in [0.29, 0.717) is 0 Å². The van der Waals surface area contributed by atoms with Gasteiger partial charge in [0.15, 0.2) is 0 Å². The van der Waals surface area contributed by atoms with Crippen LogP contribution < -0.4 is 5.32 Å². The van der Waals surface area contributed by atoms with Gasteiger partial charge in [-0.05, 0) is 19.0 Å². The molecule has 0 aliphatic rings. The Labute approximate surface area is 57.2 Å². The second-order valence-electron chi connectivity index (χ2n) is 1.84. The van der Waals surface area contributed by atoms with E-state index < -0.39 is 0 Å². The maximum atomic E-state index is 5.11. The van der Waals surface area contributed by atoms with E-state index in [9.17, 15) is 0 Å². The first-order valence-electron chi connectivity index (χ1n) is 3.15. The minimum Gasteiger partial charge on any atom is -0.314 e. The lowest BCUT2D eigenvalue weighted by Crippen LogP contribution is -2.11. The van der Waals surface area contributed by atoms with Crippen LogP contribution in [0.25, 0.3) is 0 Å². The minimum atomic E-state index is 0.881. The van der Waals surface area contributed by atoms with Crippen molar-refractivity contribution < 1.29 is 0 Å². The molecule has 0 radical (unpaired) electrons. The van der Waals surface area contributed by atoms with Gasteiger partial charge in [0.1, 0.15) is 0 Å². The fourth-order valence-electron chi connectivity index (χ4n) is 0.429. The Kier molecular flexibility index (Phi) is 4.95. The summed E-state index contributed by atoms with van der Waals surface area (Å²) < 4.78 is 0. The Hall–Kier alpha value is -0.740. The third-order valence-electron chi connectivity index (χ3n) is 1.03. The van der Waals surface area contributed by atoms with Crippen LogP contribution in [0, 0.1) is 12.3 Å². The van der Waals surface area contributed by atoms with Crippen LogP contribution in [-0.2, 0) is 0 Å². The van der Waals surface area contributed by atoms with Crippen LogP contribution in [0.15, 0.2) is 11.6 Å². The molecular weight excluding hydrogens is 110 g/mol. The monoisotopic (exact) mass is 123 g/mol. The molecule has 50 valence electrons. The van der Waals surface area contributed by atoms with Crippen LogP contribution in [0.5, 0.6) is 0 Å². The number of hydrogen-bond donors (Lipinski definition) is 1. The first kappa shape index (κ1) is 8.26. The highest BCUT2D eigenvalue weighted by Gasteiger charge is 1.78. The maximum Gasteiger partial charge on any atom is 0.0146 e. The van der Waals surface area contributed by atoms with Gasteiger partial charge in [-0.2, -0.15) is 0 Å². The molecule has 0 bridgehead atoms. The molecule has 0 saturated carbocycles. The highest BCUT2D eigenvalue weighted by Crippen LogP contribution is 1.84. The Bertz CT molecular complexity index is 128. The van der Waals surface area contributed by atoms with Crippen molar-refractivity contribution in [3.63, 3.8) is 0 Å². The number of hydrogen-bond acceptors (Lipinski definition) is 1. The van der Waals surface area contributed by atoms with Crippen molar-refractivity contribution in [2.45, 2.75) is 13.8 Å². The summed E-state index contributed by atoms with van der Waals surface area (Å²) in [4.78, 5) is 0. The lowest BCUT2D eigenvalue weighted by Gasteiger charge is -1.92. The minimum absolute atomic E-state index is 0.881. The summed E-state index contributed by atoms with van der Waals surface area (Å²) in [7, 11) is 0. The fraction of sp³-hybridized carbons (Fsp3) is 0.500. The molecule has 0 unspecified atom stereocenters. The summed E-state index contributed by atoms with van der Waals surface area (Å²) in [6.07, 6.45) is 7.11. The summed E-state index contributed by atoms with van der Waals surface area (Å²) >= 11 is 0. The summed E-state index contributed by atoms with van der Waals surface area (Å²) in [5.74, 6) is 2.54. The molecule has 0 heterocycles. The van der Waals surface area contributed by atoms with E-state index in [1.165, 1.54) is 0 Å². The summed E-state index contributed by atoms with van der Waals surface area (Å²) in [5.41, 5.74) is 0.996. The molecule has 1 heteroatoms. The molecular formula is C8H13N. The molecule has 0 fully saturated rings. The van der Waals surface area contributed by atoms with Crippen LogP contribution in [0.1, 0.15) is 13.8 Å². The second kappa shape index (κ2) is 5.40. The van der Waals surface area contributed by atoms with Crippen molar-refractivity contribution in [2.24, 2.45) is 0 Å². The van der Waals surface area contributed by atoms with Gasteiger partial charge in [-0.25, -0.2) is 0 Å². The Morgan fingerprint density at radius 3 is 2.89 bits per heavy atom. The number of likely N-dealkylation sites (N-methyl/N-ethyl adjacent to an activating group) is 1. The molecule has 0 aromatic heterocycles. The zero-order valence-corrected chi connectivity index (χ0v) is 6.07. The standard InChI is InChI=1S/C8H13N/c1-4-8(3)6-7-9-5-2/h1,6,9H,5,7H2,2-3H3/b8-6-. The molecule has 9 heavy (non-hydrogen) atoms. The third kappa shape index (κ3) is 5.13. The van der Waals surface area contributed by atoms with Crippen LogP contribution in [0.4, 0.5) is 0 Å². The van der Waals surface area contributed by atoms with Gasteiger partial charge in [0.25, 0.3) is 0 Å². The zero-order chi connectivity index (χ0) is 7.11. The van der Waals surface area contributed by atoms with Crippen molar-refractivity contribution in [3.8, 4) is 12.3 Å². The molecule has 0 atom stereocenters. The summed E-state index contributed by atoms with van der Waals surface area (Å²) in [6.45, 7) is 5.87. The van der Waals surface area contributed by atoms with Crippen molar-refractivity contribution in [2.75, 3.05) is 13.1 Å². The molecule has 0 rings (SSSR count). The average molecular weight is 123 g/mol. The van der Waals surface area contributed by atoms with Gasteiger partial charge in [0.05, 0.1) is 0 Å². The van der Waals surface area contributed by atoms with E-state index in [1.807, 2.05) is 13.0 Å². The summed E-state index contributed by atoms with van der Waals surface area (Å²) in [6, 6.07) is 0. The largest absolute Gasteiger partial charge is 0.314 e. The van der Waals surface area contributed by atoms with Crippen molar-refractivity contribution >= 4 is 0 Å². The maximum absolute atomic E-state index is 5.11. The van der Waals surface area contributed by atoms with Gasteiger partial charge in [-0.3, -0.25) is 0 Å². The van der Waals surface area contributed by atoms with Gasteiger partial charge < -0.3 is 5.32 Å². The molecule has 0 saturated heterocycles. The van der Waals surface area contributed by atoms with E-state index in [0.717, 1.165) is 18.7 Å². The molecule has 0 aromatic carbocycles. The molecule has 0 amide bonds. The van der Waals surface area contributed by atoms with Crippen LogP contribution >= 0.6 is 0 Å². The van der Waals surface area contributed by atoms with Crippen molar-refractivity contribution in [1.82, 2.24) is 5.32 Å². The van der Waals surface area contributed by atoms with Crippen LogP contribution in [0.2, 0.25) is 0 Å².